The van der Waals surface area contributed by atoms with Crippen molar-refractivity contribution < 1.29 is 24.1 Å². The molecule has 0 saturated carbocycles. The molecule has 32 heavy (non-hydrogen) atoms. The van der Waals surface area contributed by atoms with Gasteiger partial charge in [-0.25, -0.2) is 0 Å². The molecule has 0 bridgehead atoms. The molecular weight excluding hydrogens is 412 g/mol. The van der Waals surface area contributed by atoms with E-state index in [9.17, 15) is 9.90 Å². The lowest BCUT2D eigenvalue weighted by Gasteiger charge is -2.32. The fourth-order valence-corrected chi connectivity index (χ4v) is 3.48. The van der Waals surface area contributed by atoms with Gasteiger partial charge in [0.1, 0.15) is 18.4 Å². The maximum Gasteiger partial charge on any atom is 0.320 e. The van der Waals surface area contributed by atoms with Crippen LogP contribution in [0.5, 0.6) is 5.75 Å². The van der Waals surface area contributed by atoms with Crippen LogP contribution >= 0.6 is 0 Å². The zero-order chi connectivity index (χ0) is 23.0. The van der Waals surface area contributed by atoms with Crippen LogP contribution in [-0.4, -0.2) is 101 Å². The monoisotopic (exact) mass is 452 g/mol. The van der Waals surface area contributed by atoms with E-state index in [0.29, 0.717) is 46.1 Å². The predicted octanol–water partition coefficient (Wildman–Crippen LogP) is 0.717. The van der Waals surface area contributed by atoms with E-state index in [0.717, 1.165) is 44.0 Å². The smallest absolute Gasteiger partial charge is 0.320 e. The van der Waals surface area contributed by atoms with Gasteiger partial charge in [0, 0.05) is 58.5 Å². The third-order valence-corrected chi connectivity index (χ3v) is 5.42. The summed E-state index contributed by atoms with van der Waals surface area (Å²) in [5.74, 6) is -0.0123. The number of ether oxygens (including phenoxy) is 3. The quantitative estimate of drug-likeness (QED) is 0.362. The van der Waals surface area contributed by atoms with Crippen LogP contribution in [0, 0.1) is 0 Å². The molecule has 1 saturated heterocycles. The topological polar surface area (TPSA) is 104 Å². The Morgan fingerprint density at radius 2 is 1.69 bits per heavy atom. The number of hydrogen-bond acceptors (Lipinski definition) is 8. The van der Waals surface area contributed by atoms with Gasteiger partial charge < -0.3 is 35.3 Å². The van der Waals surface area contributed by atoms with Crippen LogP contribution in [0.2, 0.25) is 0 Å². The minimum absolute atomic E-state index is 0.0222. The van der Waals surface area contributed by atoms with E-state index in [1.54, 1.807) is 6.92 Å². The lowest BCUT2D eigenvalue weighted by Crippen LogP contribution is -2.48. The molecule has 2 atom stereocenters. The van der Waals surface area contributed by atoms with Gasteiger partial charge in [-0.2, -0.15) is 0 Å². The first-order chi connectivity index (χ1) is 15.6. The standard InChI is InChI=1S/C23H40N4O5/c1-3-30-14-15-31-16-17-32-21-6-4-20(5-7-21)22-18-27(19(2)23(28)29)13-12-25-9-8-24-10-11-26-22/h4-7,19,22,24-26H,3,8-18H2,1-2H3,(H,28,29). The SMILES string of the molecule is CCOCCOCCOc1ccc(C2CN(C(C)C(=O)O)CCNCCNCCN2)cc1. The molecule has 0 aromatic heterocycles. The van der Waals surface area contributed by atoms with Crippen LogP contribution in [0.15, 0.2) is 24.3 Å². The van der Waals surface area contributed by atoms with Crippen molar-refractivity contribution in [1.29, 1.82) is 0 Å². The van der Waals surface area contributed by atoms with Crippen LogP contribution in [0.3, 0.4) is 0 Å². The van der Waals surface area contributed by atoms with Gasteiger partial charge >= 0.3 is 5.97 Å². The molecule has 0 amide bonds. The van der Waals surface area contributed by atoms with Gasteiger partial charge in [-0.05, 0) is 31.5 Å². The van der Waals surface area contributed by atoms with Crippen molar-refractivity contribution in [3.63, 3.8) is 0 Å². The number of hydrogen-bond donors (Lipinski definition) is 4. The molecule has 0 spiro atoms. The Bertz CT molecular complexity index is 631. The summed E-state index contributed by atoms with van der Waals surface area (Å²) < 4.78 is 16.5. The predicted molar refractivity (Wildman–Crippen MR) is 124 cm³/mol. The molecular formula is C23H40N4O5. The number of carboxylic acids is 1. The molecule has 9 heteroatoms. The van der Waals surface area contributed by atoms with Crippen molar-refractivity contribution >= 4 is 5.97 Å². The number of aliphatic carboxylic acids is 1. The maximum atomic E-state index is 11.6. The van der Waals surface area contributed by atoms with E-state index in [-0.39, 0.29) is 6.04 Å². The summed E-state index contributed by atoms with van der Waals surface area (Å²) >= 11 is 0. The van der Waals surface area contributed by atoms with Crippen LogP contribution < -0.4 is 20.7 Å². The number of carbonyl (C=O) groups is 1. The molecule has 4 N–H and O–H groups in total. The third-order valence-electron chi connectivity index (χ3n) is 5.42. The second kappa shape index (κ2) is 16.0. The van der Waals surface area contributed by atoms with E-state index in [1.807, 2.05) is 36.1 Å². The number of carboxylic acid groups (broad SMARTS) is 1. The van der Waals surface area contributed by atoms with E-state index in [1.165, 1.54) is 0 Å². The Morgan fingerprint density at radius 3 is 2.41 bits per heavy atom. The van der Waals surface area contributed by atoms with E-state index >= 15 is 0 Å². The molecule has 0 radical (unpaired) electrons. The Hall–Kier alpha value is -1.75. The van der Waals surface area contributed by atoms with E-state index in [4.69, 9.17) is 14.2 Å². The van der Waals surface area contributed by atoms with Gasteiger partial charge in [-0.3, -0.25) is 9.69 Å². The Morgan fingerprint density at radius 1 is 1.03 bits per heavy atom. The Balaban J connectivity index is 1.93. The van der Waals surface area contributed by atoms with Crippen molar-refractivity contribution in [2.24, 2.45) is 0 Å². The van der Waals surface area contributed by atoms with E-state index in [2.05, 4.69) is 16.0 Å². The summed E-state index contributed by atoms with van der Waals surface area (Å²) in [5.41, 5.74) is 1.11. The molecule has 1 aromatic carbocycles. The Labute approximate surface area is 191 Å². The van der Waals surface area contributed by atoms with Crippen LogP contribution in [-0.2, 0) is 14.3 Å². The molecule has 2 rings (SSSR count). The summed E-state index contributed by atoms with van der Waals surface area (Å²) in [5, 5.41) is 19.9. The normalized spacial score (nSPS) is 20.1. The number of benzene rings is 1. The highest BCUT2D eigenvalue weighted by Crippen LogP contribution is 2.20. The minimum Gasteiger partial charge on any atom is -0.491 e. The maximum absolute atomic E-state index is 11.6. The van der Waals surface area contributed by atoms with Gasteiger partial charge in [0.15, 0.2) is 0 Å². The van der Waals surface area contributed by atoms with Crippen LogP contribution in [0.25, 0.3) is 0 Å². The molecule has 182 valence electrons. The van der Waals surface area contributed by atoms with Crippen molar-refractivity contribution in [3.8, 4) is 5.75 Å². The highest BCUT2D eigenvalue weighted by Gasteiger charge is 2.24. The summed E-state index contributed by atoms with van der Waals surface area (Å²) in [4.78, 5) is 13.7. The fraction of sp³-hybridized carbons (Fsp3) is 0.696. The van der Waals surface area contributed by atoms with Crippen LogP contribution in [0.1, 0.15) is 25.5 Å². The van der Waals surface area contributed by atoms with Gasteiger partial charge in [0.25, 0.3) is 0 Å². The van der Waals surface area contributed by atoms with Gasteiger partial charge in [0.05, 0.1) is 19.8 Å². The molecule has 1 heterocycles. The lowest BCUT2D eigenvalue weighted by atomic mass is 10.0. The fourth-order valence-electron chi connectivity index (χ4n) is 3.48. The first-order valence-corrected chi connectivity index (χ1v) is 11.6. The lowest BCUT2D eigenvalue weighted by molar-refractivity contribution is -0.142. The number of nitrogens with zero attached hydrogens (tertiary/aromatic N) is 1. The average Bonchev–Trinajstić information content (AvgIpc) is 2.79. The zero-order valence-electron chi connectivity index (χ0n) is 19.5. The molecule has 1 aliphatic heterocycles. The zero-order valence-corrected chi connectivity index (χ0v) is 19.5. The summed E-state index contributed by atoms with van der Waals surface area (Å²) in [7, 11) is 0. The van der Waals surface area contributed by atoms with E-state index < -0.39 is 12.0 Å². The third kappa shape index (κ3) is 10.2. The van der Waals surface area contributed by atoms with Crippen molar-refractivity contribution in [2.75, 3.05) is 78.8 Å². The first kappa shape index (κ1) is 26.5. The van der Waals surface area contributed by atoms with Gasteiger partial charge in [-0.15, -0.1) is 0 Å². The number of nitrogens with one attached hydrogen (secondary N) is 3. The van der Waals surface area contributed by atoms with Crippen LogP contribution in [0.4, 0.5) is 0 Å². The molecule has 9 nitrogen and oxygen atoms in total. The highest BCUT2D eigenvalue weighted by molar-refractivity contribution is 5.72. The van der Waals surface area contributed by atoms with Crippen molar-refractivity contribution in [2.45, 2.75) is 25.9 Å². The molecule has 1 aliphatic rings. The van der Waals surface area contributed by atoms with Gasteiger partial charge in [0.2, 0.25) is 0 Å². The number of rotatable bonds is 11. The summed E-state index contributed by atoms with van der Waals surface area (Å²) in [6, 6.07) is 7.48. The Kier molecular flexibility index (Phi) is 13.2. The second-order valence-corrected chi connectivity index (χ2v) is 7.74. The van der Waals surface area contributed by atoms with Gasteiger partial charge in [-0.1, -0.05) is 12.1 Å². The minimum atomic E-state index is -0.801. The van der Waals surface area contributed by atoms with Crippen molar-refractivity contribution in [3.05, 3.63) is 29.8 Å². The highest BCUT2D eigenvalue weighted by atomic mass is 16.5. The molecule has 2 unspecified atom stereocenters. The molecule has 1 fully saturated rings. The summed E-state index contributed by atoms with van der Waals surface area (Å²) in [6.07, 6.45) is 0. The van der Waals surface area contributed by atoms with Crippen molar-refractivity contribution in [1.82, 2.24) is 20.9 Å². The molecule has 0 aliphatic carbocycles. The summed E-state index contributed by atoms with van der Waals surface area (Å²) in [6.45, 7) is 12.0. The first-order valence-electron chi connectivity index (χ1n) is 11.6. The second-order valence-electron chi connectivity index (χ2n) is 7.74. The average molecular weight is 453 g/mol. The largest absolute Gasteiger partial charge is 0.491 e. The molecule has 1 aromatic rings.